The maximum Gasteiger partial charge on any atom is 0.239 e. The lowest BCUT2D eigenvalue weighted by molar-refractivity contribution is -0.119. The van der Waals surface area contributed by atoms with Crippen LogP contribution in [0.25, 0.3) is 0 Å². The summed E-state index contributed by atoms with van der Waals surface area (Å²) in [6.45, 7) is 2.87. The standard InChI is InChI=1S/C17H18BrClN2O/c1-12-9-15(5-6-16(12)18)21-11-17(22)20-8-7-13-3-2-4-14(19)10-13/h2-6,9-10,21H,7-8,11H2,1H3,(H,20,22). The summed E-state index contributed by atoms with van der Waals surface area (Å²) in [6.07, 6.45) is 0.768. The molecule has 3 nitrogen and oxygen atoms in total. The van der Waals surface area contributed by atoms with E-state index in [4.69, 9.17) is 11.6 Å². The van der Waals surface area contributed by atoms with Crippen LogP contribution in [-0.4, -0.2) is 19.0 Å². The Kier molecular flexibility index (Phi) is 6.28. The van der Waals surface area contributed by atoms with Crippen molar-refractivity contribution in [1.82, 2.24) is 5.32 Å². The first-order valence-corrected chi connectivity index (χ1v) is 8.23. The average molecular weight is 382 g/mol. The molecule has 0 aliphatic rings. The number of carbonyl (C=O) groups is 1. The number of halogens is 2. The second kappa shape index (κ2) is 8.20. The monoisotopic (exact) mass is 380 g/mol. The molecule has 5 heteroatoms. The highest BCUT2D eigenvalue weighted by molar-refractivity contribution is 9.10. The fraction of sp³-hybridized carbons (Fsp3) is 0.235. The summed E-state index contributed by atoms with van der Waals surface area (Å²) in [5.41, 5.74) is 3.18. The molecule has 0 heterocycles. The molecule has 0 aliphatic heterocycles. The van der Waals surface area contributed by atoms with E-state index >= 15 is 0 Å². The minimum absolute atomic E-state index is 0.0254. The van der Waals surface area contributed by atoms with Crippen molar-refractivity contribution in [3.05, 3.63) is 63.1 Å². The Morgan fingerprint density at radius 1 is 1.23 bits per heavy atom. The third-order valence-corrected chi connectivity index (χ3v) is 4.36. The molecule has 22 heavy (non-hydrogen) atoms. The quantitative estimate of drug-likeness (QED) is 0.788. The zero-order chi connectivity index (χ0) is 15.9. The molecule has 116 valence electrons. The van der Waals surface area contributed by atoms with Gasteiger partial charge >= 0.3 is 0 Å². The Balaban J connectivity index is 1.72. The molecule has 2 aromatic carbocycles. The molecule has 0 radical (unpaired) electrons. The van der Waals surface area contributed by atoms with Crippen LogP contribution in [0, 0.1) is 6.92 Å². The SMILES string of the molecule is Cc1cc(NCC(=O)NCCc2cccc(Cl)c2)ccc1Br. The van der Waals surface area contributed by atoms with E-state index in [1.54, 1.807) is 0 Å². The Morgan fingerprint density at radius 2 is 2.05 bits per heavy atom. The Labute approximate surface area is 144 Å². The fourth-order valence-corrected chi connectivity index (χ4v) is 2.50. The third kappa shape index (κ3) is 5.35. The highest BCUT2D eigenvalue weighted by Gasteiger charge is 2.02. The van der Waals surface area contributed by atoms with E-state index in [0.29, 0.717) is 6.54 Å². The van der Waals surface area contributed by atoms with Crippen molar-refractivity contribution in [3.63, 3.8) is 0 Å². The molecule has 0 spiro atoms. The molecule has 0 unspecified atom stereocenters. The number of carbonyl (C=O) groups excluding carboxylic acids is 1. The van der Waals surface area contributed by atoms with Gasteiger partial charge in [-0.2, -0.15) is 0 Å². The van der Waals surface area contributed by atoms with Crippen LogP contribution in [0.5, 0.6) is 0 Å². The van der Waals surface area contributed by atoms with Crippen LogP contribution in [0.1, 0.15) is 11.1 Å². The number of benzene rings is 2. The molecule has 0 aromatic heterocycles. The normalized spacial score (nSPS) is 10.3. The van der Waals surface area contributed by atoms with Crippen molar-refractivity contribution in [2.24, 2.45) is 0 Å². The number of hydrogen-bond donors (Lipinski definition) is 2. The fourth-order valence-electron chi connectivity index (χ4n) is 2.04. The first-order chi connectivity index (χ1) is 10.5. The van der Waals surface area contributed by atoms with Crippen LogP contribution in [0.15, 0.2) is 46.9 Å². The maximum absolute atomic E-state index is 11.8. The highest BCUT2D eigenvalue weighted by atomic mass is 79.9. The van der Waals surface area contributed by atoms with E-state index in [9.17, 15) is 4.79 Å². The lowest BCUT2D eigenvalue weighted by Gasteiger charge is -2.09. The van der Waals surface area contributed by atoms with E-state index in [0.717, 1.165) is 32.7 Å². The Bertz CT molecular complexity index is 661. The molecule has 0 aliphatic carbocycles. The van der Waals surface area contributed by atoms with Gasteiger partial charge in [0.2, 0.25) is 5.91 Å². The predicted molar refractivity (Wildman–Crippen MR) is 95.5 cm³/mol. The summed E-state index contributed by atoms with van der Waals surface area (Å²) < 4.78 is 1.06. The van der Waals surface area contributed by atoms with Gasteiger partial charge in [-0.15, -0.1) is 0 Å². The van der Waals surface area contributed by atoms with Gasteiger partial charge in [0.05, 0.1) is 6.54 Å². The largest absolute Gasteiger partial charge is 0.376 e. The average Bonchev–Trinajstić information content (AvgIpc) is 2.48. The van der Waals surface area contributed by atoms with Crippen LogP contribution in [-0.2, 0) is 11.2 Å². The molecule has 0 atom stereocenters. The zero-order valence-corrected chi connectivity index (χ0v) is 14.7. The summed E-state index contributed by atoms with van der Waals surface area (Å²) >= 11 is 9.38. The van der Waals surface area contributed by atoms with Gasteiger partial charge in [0.15, 0.2) is 0 Å². The number of nitrogens with one attached hydrogen (secondary N) is 2. The summed E-state index contributed by atoms with van der Waals surface area (Å²) in [4.78, 5) is 11.8. The third-order valence-electron chi connectivity index (χ3n) is 3.24. The van der Waals surface area contributed by atoms with Crippen molar-refractivity contribution in [3.8, 4) is 0 Å². The number of aryl methyl sites for hydroxylation is 1. The van der Waals surface area contributed by atoms with E-state index in [1.165, 1.54) is 0 Å². The smallest absolute Gasteiger partial charge is 0.239 e. The van der Waals surface area contributed by atoms with Gasteiger partial charge in [-0.25, -0.2) is 0 Å². The zero-order valence-electron chi connectivity index (χ0n) is 12.3. The molecule has 0 bridgehead atoms. The molecule has 0 saturated carbocycles. The van der Waals surface area contributed by atoms with E-state index in [2.05, 4.69) is 26.6 Å². The minimum atomic E-state index is -0.0254. The first kappa shape index (κ1) is 16.8. The summed E-state index contributed by atoms with van der Waals surface area (Å²) in [5, 5.41) is 6.73. The minimum Gasteiger partial charge on any atom is -0.376 e. The Hall–Kier alpha value is -1.52. The van der Waals surface area contributed by atoms with Crippen LogP contribution < -0.4 is 10.6 Å². The number of hydrogen-bond acceptors (Lipinski definition) is 2. The molecule has 2 rings (SSSR count). The molecule has 2 N–H and O–H groups in total. The highest BCUT2D eigenvalue weighted by Crippen LogP contribution is 2.19. The van der Waals surface area contributed by atoms with Crippen LogP contribution in [0.4, 0.5) is 5.69 Å². The van der Waals surface area contributed by atoms with Crippen molar-refractivity contribution in [1.29, 1.82) is 0 Å². The lowest BCUT2D eigenvalue weighted by Crippen LogP contribution is -2.31. The lowest BCUT2D eigenvalue weighted by atomic mass is 10.1. The number of amides is 1. The topological polar surface area (TPSA) is 41.1 Å². The summed E-state index contributed by atoms with van der Waals surface area (Å²) in [6, 6.07) is 13.6. The first-order valence-electron chi connectivity index (χ1n) is 7.06. The van der Waals surface area contributed by atoms with Gasteiger partial charge in [-0.05, 0) is 54.8 Å². The number of anilines is 1. The molecule has 0 fully saturated rings. The van der Waals surface area contributed by atoms with Gasteiger partial charge in [0.1, 0.15) is 0 Å². The van der Waals surface area contributed by atoms with Crippen molar-refractivity contribution in [2.45, 2.75) is 13.3 Å². The van der Waals surface area contributed by atoms with Crippen LogP contribution >= 0.6 is 27.5 Å². The van der Waals surface area contributed by atoms with Crippen molar-refractivity contribution >= 4 is 39.1 Å². The summed E-state index contributed by atoms with van der Waals surface area (Å²) in [5.74, 6) is -0.0254. The molecule has 1 amide bonds. The van der Waals surface area contributed by atoms with Crippen LogP contribution in [0.3, 0.4) is 0 Å². The van der Waals surface area contributed by atoms with Gasteiger partial charge in [0, 0.05) is 21.7 Å². The maximum atomic E-state index is 11.8. The van der Waals surface area contributed by atoms with Gasteiger partial charge < -0.3 is 10.6 Å². The van der Waals surface area contributed by atoms with Crippen molar-refractivity contribution in [2.75, 3.05) is 18.4 Å². The Morgan fingerprint density at radius 3 is 2.77 bits per heavy atom. The molecular formula is C17H18BrClN2O. The van der Waals surface area contributed by atoms with Crippen molar-refractivity contribution < 1.29 is 4.79 Å². The van der Waals surface area contributed by atoms with Gasteiger partial charge in [0.25, 0.3) is 0 Å². The molecule has 0 saturated heterocycles. The van der Waals surface area contributed by atoms with Gasteiger partial charge in [-0.3, -0.25) is 4.79 Å². The second-order valence-corrected chi connectivity index (χ2v) is 6.34. The van der Waals surface area contributed by atoms with Gasteiger partial charge in [-0.1, -0.05) is 39.7 Å². The van der Waals surface area contributed by atoms with E-state index in [1.807, 2.05) is 49.4 Å². The predicted octanol–water partition coefficient (Wildman–Crippen LogP) is 4.18. The van der Waals surface area contributed by atoms with E-state index in [-0.39, 0.29) is 12.5 Å². The molecule has 2 aromatic rings. The summed E-state index contributed by atoms with van der Waals surface area (Å²) in [7, 11) is 0. The van der Waals surface area contributed by atoms with Crippen LogP contribution in [0.2, 0.25) is 5.02 Å². The number of rotatable bonds is 6. The van der Waals surface area contributed by atoms with E-state index < -0.39 is 0 Å². The molecular weight excluding hydrogens is 364 g/mol. The second-order valence-electron chi connectivity index (χ2n) is 5.05.